The van der Waals surface area contributed by atoms with Gasteiger partial charge in [-0.2, -0.15) is 0 Å². The molecule has 1 atom stereocenters. The van der Waals surface area contributed by atoms with Crippen molar-refractivity contribution in [2.24, 2.45) is 5.16 Å². The standard InChI is InChI=1S/C13H15NO2/c1-4-6-10(2)16-13-8-5-7-12(9-13)11(3)14-15/h5,7-10,15H,1-3H3. The molecule has 1 aromatic rings. The molecule has 0 saturated carbocycles. The molecule has 0 amide bonds. The van der Waals surface area contributed by atoms with Gasteiger partial charge in [0.25, 0.3) is 0 Å². The number of rotatable bonds is 3. The molecule has 1 N–H and O–H groups in total. The van der Waals surface area contributed by atoms with Gasteiger partial charge in [0.15, 0.2) is 6.10 Å². The van der Waals surface area contributed by atoms with Crippen LogP contribution in [0.3, 0.4) is 0 Å². The largest absolute Gasteiger partial charge is 0.478 e. The highest BCUT2D eigenvalue weighted by Gasteiger charge is 2.03. The minimum atomic E-state index is -0.147. The molecule has 3 nitrogen and oxygen atoms in total. The third-order valence-electron chi connectivity index (χ3n) is 2.06. The molecule has 1 unspecified atom stereocenters. The Morgan fingerprint density at radius 2 is 2.25 bits per heavy atom. The van der Waals surface area contributed by atoms with Crippen LogP contribution in [0.5, 0.6) is 5.75 Å². The van der Waals surface area contributed by atoms with E-state index in [1.54, 1.807) is 13.8 Å². The number of nitrogens with zero attached hydrogens (tertiary/aromatic N) is 1. The highest BCUT2D eigenvalue weighted by molar-refractivity contribution is 5.98. The molecule has 1 rings (SSSR count). The Bertz CT molecular complexity index is 441. The fraction of sp³-hybridized carbons (Fsp3) is 0.308. The van der Waals surface area contributed by atoms with Gasteiger partial charge in [0, 0.05) is 5.56 Å². The summed E-state index contributed by atoms with van der Waals surface area (Å²) in [5.41, 5.74) is 1.39. The minimum absolute atomic E-state index is 0.147. The number of benzene rings is 1. The zero-order chi connectivity index (χ0) is 12.0. The molecule has 0 spiro atoms. The van der Waals surface area contributed by atoms with Crippen molar-refractivity contribution in [1.82, 2.24) is 0 Å². The second-order valence-electron chi connectivity index (χ2n) is 3.37. The van der Waals surface area contributed by atoms with Gasteiger partial charge in [-0.1, -0.05) is 23.2 Å². The molecule has 0 aliphatic rings. The van der Waals surface area contributed by atoms with E-state index in [4.69, 9.17) is 9.94 Å². The quantitative estimate of drug-likeness (QED) is 0.366. The molecule has 0 saturated heterocycles. The molecular weight excluding hydrogens is 202 g/mol. The molecular formula is C13H15NO2. The first-order valence-corrected chi connectivity index (χ1v) is 5.05. The highest BCUT2D eigenvalue weighted by Crippen LogP contribution is 2.15. The summed E-state index contributed by atoms with van der Waals surface area (Å²) in [6.07, 6.45) is -0.147. The zero-order valence-corrected chi connectivity index (χ0v) is 9.69. The summed E-state index contributed by atoms with van der Waals surface area (Å²) in [4.78, 5) is 0. The summed E-state index contributed by atoms with van der Waals surface area (Å²) < 4.78 is 5.58. The van der Waals surface area contributed by atoms with Crippen molar-refractivity contribution in [3.8, 4) is 17.6 Å². The van der Waals surface area contributed by atoms with Gasteiger partial charge < -0.3 is 9.94 Å². The highest BCUT2D eigenvalue weighted by atomic mass is 16.5. The van der Waals surface area contributed by atoms with Crippen LogP contribution in [0.25, 0.3) is 0 Å². The van der Waals surface area contributed by atoms with E-state index >= 15 is 0 Å². The lowest BCUT2D eigenvalue weighted by Gasteiger charge is -2.09. The first kappa shape index (κ1) is 12.1. The molecule has 0 aromatic heterocycles. The number of hydrogen-bond donors (Lipinski definition) is 1. The molecule has 0 radical (unpaired) electrons. The smallest absolute Gasteiger partial charge is 0.156 e. The van der Waals surface area contributed by atoms with Crippen molar-refractivity contribution >= 4 is 5.71 Å². The second-order valence-corrected chi connectivity index (χ2v) is 3.37. The van der Waals surface area contributed by atoms with Crippen molar-refractivity contribution in [1.29, 1.82) is 0 Å². The maximum atomic E-state index is 8.67. The number of hydrogen-bond acceptors (Lipinski definition) is 3. The van der Waals surface area contributed by atoms with Gasteiger partial charge in [-0.25, -0.2) is 0 Å². The summed E-state index contributed by atoms with van der Waals surface area (Å²) in [6, 6.07) is 7.38. The lowest BCUT2D eigenvalue weighted by atomic mass is 10.1. The summed E-state index contributed by atoms with van der Waals surface area (Å²) in [5.74, 6) is 6.42. The van der Waals surface area contributed by atoms with Crippen LogP contribution in [-0.4, -0.2) is 17.0 Å². The van der Waals surface area contributed by atoms with Crippen LogP contribution in [0.15, 0.2) is 29.4 Å². The monoisotopic (exact) mass is 217 g/mol. The van der Waals surface area contributed by atoms with Crippen LogP contribution in [0.1, 0.15) is 26.3 Å². The first-order valence-electron chi connectivity index (χ1n) is 5.05. The van der Waals surface area contributed by atoms with Crippen molar-refractivity contribution in [2.75, 3.05) is 0 Å². The Kier molecular flexibility index (Phi) is 4.41. The summed E-state index contributed by atoms with van der Waals surface area (Å²) >= 11 is 0. The van der Waals surface area contributed by atoms with E-state index in [9.17, 15) is 0 Å². The van der Waals surface area contributed by atoms with Crippen LogP contribution < -0.4 is 4.74 Å². The van der Waals surface area contributed by atoms with Gasteiger partial charge in [0.1, 0.15) is 5.75 Å². The molecule has 16 heavy (non-hydrogen) atoms. The predicted molar refractivity (Wildman–Crippen MR) is 64.0 cm³/mol. The average Bonchev–Trinajstić information content (AvgIpc) is 2.28. The minimum Gasteiger partial charge on any atom is -0.478 e. The molecule has 0 bridgehead atoms. The molecule has 0 aliphatic carbocycles. The van der Waals surface area contributed by atoms with E-state index in [1.807, 2.05) is 31.2 Å². The van der Waals surface area contributed by atoms with Crippen LogP contribution in [0.4, 0.5) is 0 Å². The second kappa shape index (κ2) is 5.82. The summed E-state index contributed by atoms with van der Waals surface area (Å²) in [7, 11) is 0. The SMILES string of the molecule is CC#CC(C)Oc1cccc(C(C)=NO)c1. The molecule has 1 aromatic carbocycles. The number of oxime groups is 1. The molecule has 0 heterocycles. The van der Waals surface area contributed by atoms with Crippen LogP contribution in [-0.2, 0) is 0 Å². The third kappa shape index (κ3) is 3.32. The fourth-order valence-corrected chi connectivity index (χ4v) is 1.29. The van der Waals surface area contributed by atoms with E-state index < -0.39 is 0 Å². The Labute approximate surface area is 95.7 Å². The maximum Gasteiger partial charge on any atom is 0.156 e. The van der Waals surface area contributed by atoms with E-state index in [2.05, 4.69) is 17.0 Å². The fourth-order valence-electron chi connectivity index (χ4n) is 1.29. The summed E-state index contributed by atoms with van der Waals surface area (Å²) in [5, 5.41) is 11.8. The summed E-state index contributed by atoms with van der Waals surface area (Å²) in [6.45, 7) is 5.39. The van der Waals surface area contributed by atoms with Crippen LogP contribution >= 0.6 is 0 Å². The van der Waals surface area contributed by atoms with Gasteiger partial charge in [0.2, 0.25) is 0 Å². The lowest BCUT2D eigenvalue weighted by Crippen LogP contribution is -2.09. The predicted octanol–water partition coefficient (Wildman–Crippen LogP) is 2.68. The van der Waals surface area contributed by atoms with Crippen molar-refractivity contribution in [3.63, 3.8) is 0 Å². The van der Waals surface area contributed by atoms with Crippen molar-refractivity contribution in [2.45, 2.75) is 26.9 Å². The van der Waals surface area contributed by atoms with E-state index in [-0.39, 0.29) is 6.10 Å². The van der Waals surface area contributed by atoms with E-state index in [0.29, 0.717) is 5.71 Å². The Morgan fingerprint density at radius 3 is 2.88 bits per heavy atom. The zero-order valence-electron chi connectivity index (χ0n) is 9.69. The lowest BCUT2D eigenvalue weighted by molar-refractivity contribution is 0.279. The Hall–Kier alpha value is -1.95. The van der Waals surface area contributed by atoms with Gasteiger partial charge in [-0.05, 0) is 32.9 Å². The van der Waals surface area contributed by atoms with Crippen LogP contribution in [0, 0.1) is 11.8 Å². The molecule has 0 aliphatic heterocycles. The van der Waals surface area contributed by atoms with Gasteiger partial charge >= 0.3 is 0 Å². The van der Waals surface area contributed by atoms with Crippen molar-refractivity contribution < 1.29 is 9.94 Å². The Morgan fingerprint density at radius 1 is 1.50 bits per heavy atom. The number of ether oxygens (including phenoxy) is 1. The van der Waals surface area contributed by atoms with E-state index in [0.717, 1.165) is 11.3 Å². The average molecular weight is 217 g/mol. The first-order chi connectivity index (χ1) is 7.67. The Balaban J connectivity index is 2.85. The van der Waals surface area contributed by atoms with Gasteiger partial charge in [-0.3, -0.25) is 0 Å². The molecule has 0 fully saturated rings. The maximum absolute atomic E-state index is 8.67. The molecule has 3 heteroatoms. The third-order valence-corrected chi connectivity index (χ3v) is 2.06. The molecule has 84 valence electrons. The van der Waals surface area contributed by atoms with Crippen LogP contribution in [0.2, 0.25) is 0 Å². The topological polar surface area (TPSA) is 41.8 Å². The normalized spacial score (nSPS) is 12.6. The van der Waals surface area contributed by atoms with E-state index in [1.165, 1.54) is 0 Å². The van der Waals surface area contributed by atoms with Gasteiger partial charge in [0.05, 0.1) is 5.71 Å². The van der Waals surface area contributed by atoms with Crippen molar-refractivity contribution in [3.05, 3.63) is 29.8 Å². The van der Waals surface area contributed by atoms with Gasteiger partial charge in [-0.15, -0.1) is 5.92 Å².